The van der Waals surface area contributed by atoms with Crippen LogP contribution in [0.2, 0.25) is 0 Å². The van der Waals surface area contributed by atoms with Gasteiger partial charge in [-0.3, -0.25) is 5.41 Å². The minimum atomic E-state index is 0.0107. The number of aryl methyl sites for hydroxylation is 1. The maximum atomic E-state index is 7.72. The van der Waals surface area contributed by atoms with E-state index >= 15 is 0 Å². The summed E-state index contributed by atoms with van der Waals surface area (Å²) in [5.41, 5.74) is 8.00. The predicted molar refractivity (Wildman–Crippen MR) is 79.6 cm³/mol. The van der Waals surface area contributed by atoms with E-state index in [1.165, 1.54) is 11.8 Å². The molecule has 0 bridgehead atoms. The number of nitrogens with one attached hydrogen (secondary N) is 1. The molecule has 0 radical (unpaired) electrons. The Bertz CT molecular complexity index is 640. The lowest BCUT2D eigenvalue weighted by molar-refractivity contribution is 0.414. The molecule has 3 N–H and O–H groups in total. The topological polar surface area (TPSA) is 84.9 Å². The van der Waals surface area contributed by atoms with E-state index in [-0.39, 0.29) is 5.84 Å². The lowest BCUT2D eigenvalue weighted by atomic mass is 10.1. The molecule has 0 aliphatic carbocycles. The Labute approximate surface area is 122 Å². The number of rotatable bonds is 4. The van der Waals surface area contributed by atoms with E-state index in [4.69, 9.17) is 15.9 Å². The molecule has 0 saturated carbocycles. The zero-order chi connectivity index (χ0) is 14.7. The second-order valence-electron chi connectivity index (χ2n) is 4.28. The van der Waals surface area contributed by atoms with Gasteiger partial charge in [-0.2, -0.15) is 5.10 Å². The number of amidine groups is 1. The van der Waals surface area contributed by atoms with Crippen molar-refractivity contribution in [3.05, 3.63) is 41.1 Å². The summed E-state index contributed by atoms with van der Waals surface area (Å²) in [5, 5.41) is 16.6. The van der Waals surface area contributed by atoms with Gasteiger partial charge in [-0.1, -0.05) is 11.8 Å². The molecule has 104 valence electrons. The number of nitrogens with zero attached hydrogens (tertiary/aromatic N) is 2. The fraction of sp³-hybridized carbons (Fsp3) is 0.214. The molecule has 0 aliphatic rings. The highest BCUT2D eigenvalue weighted by molar-refractivity contribution is 7.99. The summed E-state index contributed by atoms with van der Waals surface area (Å²) in [6.45, 7) is 3.76. The fourth-order valence-corrected chi connectivity index (χ4v) is 2.67. The highest BCUT2D eigenvalue weighted by Gasteiger charge is 2.14. The molecule has 2 aromatic rings. The molecule has 20 heavy (non-hydrogen) atoms. The van der Waals surface area contributed by atoms with Crippen molar-refractivity contribution >= 4 is 17.6 Å². The third kappa shape index (κ3) is 2.91. The Morgan fingerprint density at radius 2 is 1.85 bits per heavy atom. The molecule has 0 fully saturated rings. The Morgan fingerprint density at radius 3 is 2.40 bits per heavy atom. The molecular weight excluding hydrogens is 272 g/mol. The van der Waals surface area contributed by atoms with Crippen molar-refractivity contribution in [3.8, 4) is 5.75 Å². The normalized spacial score (nSPS) is 10.3. The largest absolute Gasteiger partial charge is 0.497 e. The van der Waals surface area contributed by atoms with Crippen LogP contribution in [-0.4, -0.2) is 23.1 Å². The molecule has 6 heteroatoms. The molecule has 0 saturated heterocycles. The van der Waals surface area contributed by atoms with Gasteiger partial charge in [0.2, 0.25) is 0 Å². The smallest absolute Gasteiger partial charge is 0.135 e. The molecule has 1 aromatic carbocycles. The number of nitrogens with two attached hydrogens (primary N) is 1. The van der Waals surface area contributed by atoms with Gasteiger partial charge in [0.25, 0.3) is 0 Å². The molecule has 5 nitrogen and oxygen atoms in total. The highest BCUT2D eigenvalue weighted by atomic mass is 32.2. The first-order valence-corrected chi connectivity index (χ1v) is 6.84. The van der Waals surface area contributed by atoms with E-state index in [9.17, 15) is 0 Å². The number of hydrogen-bond donors (Lipinski definition) is 2. The summed E-state index contributed by atoms with van der Waals surface area (Å²) in [6.07, 6.45) is 0. The van der Waals surface area contributed by atoms with Crippen LogP contribution in [0.15, 0.2) is 34.2 Å². The van der Waals surface area contributed by atoms with Crippen molar-refractivity contribution in [2.24, 2.45) is 5.73 Å². The van der Waals surface area contributed by atoms with Crippen LogP contribution in [0.4, 0.5) is 0 Å². The van der Waals surface area contributed by atoms with E-state index in [0.29, 0.717) is 10.6 Å². The lowest BCUT2D eigenvalue weighted by Crippen LogP contribution is -2.16. The first kappa shape index (κ1) is 14.3. The third-order valence-corrected chi connectivity index (χ3v) is 3.95. The Hall–Kier alpha value is -2.08. The molecule has 0 aliphatic heterocycles. The minimum Gasteiger partial charge on any atom is -0.497 e. The van der Waals surface area contributed by atoms with Gasteiger partial charge in [0.05, 0.1) is 18.4 Å². The van der Waals surface area contributed by atoms with Crippen molar-refractivity contribution in [2.45, 2.75) is 23.8 Å². The standard InChI is InChI=1S/C14H16N4OS/c1-8-9(2)17-18-14(12(8)13(15)16)20-11-6-4-10(19-3)5-7-11/h4-7H,1-3H3,(H3,15,16). The summed E-state index contributed by atoms with van der Waals surface area (Å²) in [4.78, 5) is 0.992. The second kappa shape index (κ2) is 5.92. The lowest BCUT2D eigenvalue weighted by Gasteiger charge is -2.11. The number of ether oxygens (including phenoxy) is 1. The molecular formula is C14H16N4OS. The first-order valence-electron chi connectivity index (χ1n) is 6.03. The molecule has 1 aromatic heterocycles. The second-order valence-corrected chi connectivity index (χ2v) is 5.34. The van der Waals surface area contributed by atoms with Crippen molar-refractivity contribution in [3.63, 3.8) is 0 Å². The maximum Gasteiger partial charge on any atom is 0.135 e. The first-order chi connectivity index (χ1) is 9.52. The molecule has 0 unspecified atom stereocenters. The van der Waals surface area contributed by atoms with Crippen molar-refractivity contribution in [1.82, 2.24) is 10.2 Å². The molecule has 0 amide bonds. The zero-order valence-corrected chi connectivity index (χ0v) is 12.4. The van der Waals surface area contributed by atoms with E-state index in [0.717, 1.165) is 21.9 Å². The monoisotopic (exact) mass is 288 g/mol. The van der Waals surface area contributed by atoms with Gasteiger partial charge in [-0.05, 0) is 43.7 Å². The van der Waals surface area contributed by atoms with E-state index in [2.05, 4.69) is 10.2 Å². The van der Waals surface area contributed by atoms with Gasteiger partial charge in [-0.15, -0.1) is 5.10 Å². The Morgan fingerprint density at radius 1 is 1.20 bits per heavy atom. The van der Waals surface area contributed by atoms with Gasteiger partial charge < -0.3 is 10.5 Å². The summed E-state index contributed by atoms with van der Waals surface area (Å²) >= 11 is 1.43. The molecule has 0 atom stereocenters. The van der Waals surface area contributed by atoms with Gasteiger partial charge in [-0.25, -0.2) is 0 Å². The van der Waals surface area contributed by atoms with Crippen LogP contribution >= 0.6 is 11.8 Å². The Kier molecular flexibility index (Phi) is 4.24. The number of hydrogen-bond acceptors (Lipinski definition) is 5. The SMILES string of the molecule is COc1ccc(Sc2nnc(C)c(C)c2C(=N)N)cc1. The van der Waals surface area contributed by atoms with Crippen LogP contribution in [-0.2, 0) is 0 Å². The van der Waals surface area contributed by atoms with Crippen LogP contribution < -0.4 is 10.5 Å². The number of nitrogen functional groups attached to an aromatic ring is 1. The fourth-order valence-electron chi connectivity index (χ4n) is 1.73. The summed E-state index contributed by atoms with van der Waals surface area (Å²) in [6, 6.07) is 7.63. The number of methoxy groups -OCH3 is 1. The Balaban J connectivity index is 2.37. The summed E-state index contributed by atoms with van der Waals surface area (Å²) < 4.78 is 5.12. The van der Waals surface area contributed by atoms with Crippen LogP contribution in [0.1, 0.15) is 16.8 Å². The predicted octanol–water partition coefficient (Wildman–Crippen LogP) is 2.54. The van der Waals surface area contributed by atoms with Crippen LogP contribution in [0.25, 0.3) is 0 Å². The van der Waals surface area contributed by atoms with Crippen LogP contribution in [0, 0.1) is 19.3 Å². The zero-order valence-electron chi connectivity index (χ0n) is 11.6. The third-order valence-electron chi connectivity index (χ3n) is 2.97. The van der Waals surface area contributed by atoms with Crippen LogP contribution in [0.5, 0.6) is 5.75 Å². The van der Waals surface area contributed by atoms with Crippen molar-refractivity contribution < 1.29 is 4.74 Å². The van der Waals surface area contributed by atoms with E-state index < -0.39 is 0 Å². The molecule has 0 spiro atoms. The van der Waals surface area contributed by atoms with Crippen molar-refractivity contribution in [2.75, 3.05) is 7.11 Å². The summed E-state index contributed by atoms with van der Waals surface area (Å²) in [5.74, 6) is 0.809. The van der Waals surface area contributed by atoms with Crippen molar-refractivity contribution in [1.29, 1.82) is 5.41 Å². The average molecular weight is 288 g/mol. The van der Waals surface area contributed by atoms with Gasteiger partial charge in [0, 0.05) is 4.90 Å². The van der Waals surface area contributed by atoms with Gasteiger partial charge in [0.1, 0.15) is 16.6 Å². The van der Waals surface area contributed by atoms with Gasteiger partial charge >= 0.3 is 0 Å². The minimum absolute atomic E-state index is 0.0107. The molecule has 1 heterocycles. The number of aromatic nitrogens is 2. The van der Waals surface area contributed by atoms with E-state index in [1.54, 1.807) is 7.11 Å². The average Bonchev–Trinajstić information content (AvgIpc) is 2.43. The highest BCUT2D eigenvalue weighted by Crippen LogP contribution is 2.31. The molecule has 2 rings (SSSR count). The summed E-state index contributed by atoms with van der Waals surface area (Å²) in [7, 11) is 1.63. The van der Waals surface area contributed by atoms with Crippen LogP contribution in [0.3, 0.4) is 0 Å². The maximum absolute atomic E-state index is 7.72. The quantitative estimate of drug-likeness (QED) is 0.667. The number of benzene rings is 1. The van der Waals surface area contributed by atoms with E-state index in [1.807, 2.05) is 38.1 Å². The van der Waals surface area contributed by atoms with Gasteiger partial charge in [0.15, 0.2) is 0 Å².